The fourth-order valence-corrected chi connectivity index (χ4v) is 4.19. The number of anilines is 1. The van der Waals surface area contributed by atoms with E-state index in [9.17, 15) is 18.0 Å². The van der Waals surface area contributed by atoms with Crippen LogP contribution in [0.5, 0.6) is 0 Å². The summed E-state index contributed by atoms with van der Waals surface area (Å²) in [5.41, 5.74) is 0.719. The Morgan fingerprint density at radius 2 is 2.16 bits per heavy atom. The third kappa shape index (κ3) is 4.98. The molecule has 6 nitrogen and oxygen atoms in total. The number of alkyl halides is 3. The SMILES string of the molecule is C=CN=C1NC(=O)CC(C)/C1=C(/C)c1cc(C(F)(F)F)cc(N2CCNCC2CC)n1. The maximum Gasteiger partial charge on any atom is 0.416 e. The first-order chi connectivity index (χ1) is 14.7. The van der Waals surface area contributed by atoms with Crippen LogP contribution in [0.25, 0.3) is 5.57 Å². The number of amidine groups is 1. The second kappa shape index (κ2) is 9.21. The number of nitrogens with one attached hydrogen (secondary N) is 2. The number of aliphatic imine (C=N–C) groups is 1. The molecule has 2 aliphatic rings. The van der Waals surface area contributed by atoms with E-state index in [2.05, 4.69) is 27.2 Å². The Kier molecular flexibility index (Phi) is 6.83. The highest BCUT2D eigenvalue weighted by molar-refractivity contribution is 6.14. The average Bonchev–Trinajstić information content (AvgIpc) is 2.72. The lowest BCUT2D eigenvalue weighted by molar-refractivity contribution is -0.137. The second-order valence-corrected chi connectivity index (χ2v) is 7.91. The van der Waals surface area contributed by atoms with Crippen LogP contribution < -0.4 is 15.5 Å². The van der Waals surface area contributed by atoms with Crippen LogP contribution in [0, 0.1) is 5.92 Å². The van der Waals surface area contributed by atoms with Gasteiger partial charge in [0.25, 0.3) is 0 Å². The van der Waals surface area contributed by atoms with Crippen LogP contribution in [0.3, 0.4) is 0 Å². The number of pyridine rings is 1. The predicted octanol–water partition coefficient (Wildman–Crippen LogP) is 3.76. The lowest BCUT2D eigenvalue weighted by Gasteiger charge is -2.37. The lowest BCUT2D eigenvalue weighted by Crippen LogP contribution is -2.51. The molecule has 1 aromatic heterocycles. The van der Waals surface area contributed by atoms with Crippen molar-refractivity contribution < 1.29 is 18.0 Å². The molecule has 0 bridgehead atoms. The van der Waals surface area contributed by atoms with Crippen LogP contribution in [0.1, 0.15) is 44.9 Å². The number of carbonyl (C=O) groups is 1. The van der Waals surface area contributed by atoms with Crippen molar-refractivity contribution in [2.24, 2.45) is 10.9 Å². The number of allylic oxidation sites excluding steroid dienone is 1. The zero-order chi connectivity index (χ0) is 22.8. The molecule has 0 radical (unpaired) electrons. The Morgan fingerprint density at radius 3 is 2.81 bits per heavy atom. The van der Waals surface area contributed by atoms with Crippen molar-refractivity contribution in [1.82, 2.24) is 15.6 Å². The molecular formula is C22H28F3N5O. The first-order valence-electron chi connectivity index (χ1n) is 10.4. The molecule has 0 saturated carbocycles. The minimum absolute atomic E-state index is 0.0660. The zero-order valence-electron chi connectivity index (χ0n) is 18.0. The number of nitrogens with zero attached hydrogens (tertiary/aromatic N) is 3. The molecule has 0 aliphatic carbocycles. The van der Waals surface area contributed by atoms with Crippen LogP contribution in [0.15, 0.2) is 35.5 Å². The van der Waals surface area contributed by atoms with Gasteiger partial charge in [0, 0.05) is 43.9 Å². The normalized spacial score (nSPS) is 25.4. The molecular weight excluding hydrogens is 407 g/mol. The van der Waals surface area contributed by atoms with Crippen LogP contribution in [0.4, 0.5) is 19.0 Å². The van der Waals surface area contributed by atoms with Gasteiger partial charge >= 0.3 is 6.18 Å². The van der Waals surface area contributed by atoms with Gasteiger partial charge in [-0.25, -0.2) is 9.98 Å². The molecule has 9 heteroatoms. The van der Waals surface area contributed by atoms with Gasteiger partial charge in [0.05, 0.1) is 11.3 Å². The van der Waals surface area contributed by atoms with Crippen molar-refractivity contribution in [2.45, 2.75) is 45.8 Å². The second-order valence-electron chi connectivity index (χ2n) is 7.91. The third-order valence-electron chi connectivity index (χ3n) is 5.76. The Hall–Kier alpha value is -2.68. The van der Waals surface area contributed by atoms with Crippen LogP contribution in [-0.2, 0) is 11.0 Å². The van der Waals surface area contributed by atoms with Gasteiger partial charge in [0.2, 0.25) is 5.91 Å². The summed E-state index contributed by atoms with van der Waals surface area (Å²) in [6.45, 7) is 11.1. The van der Waals surface area contributed by atoms with E-state index < -0.39 is 11.7 Å². The predicted molar refractivity (Wildman–Crippen MR) is 116 cm³/mol. The smallest absolute Gasteiger partial charge is 0.351 e. The number of carbonyl (C=O) groups excluding carboxylic acids is 1. The van der Waals surface area contributed by atoms with E-state index in [1.54, 1.807) is 6.92 Å². The zero-order valence-corrected chi connectivity index (χ0v) is 18.0. The number of aromatic nitrogens is 1. The summed E-state index contributed by atoms with van der Waals surface area (Å²) in [6.07, 6.45) is -2.18. The molecule has 168 valence electrons. The first kappa shape index (κ1) is 23.0. The first-order valence-corrected chi connectivity index (χ1v) is 10.4. The molecule has 0 spiro atoms. The number of hydrogen-bond donors (Lipinski definition) is 2. The molecule has 2 atom stereocenters. The molecule has 31 heavy (non-hydrogen) atoms. The quantitative estimate of drug-likeness (QED) is 0.756. The summed E-state index contributed by atoms with van der Waals surface area (Å²) in [4.78, 5) is 22.7. The summed E-state index contributed by atoms with van der Waals surface area (Å²) >= 11 is 0. The summed E-state index contributed by atoms with van der Waals surface area (Å²) in [6, 6.07) is 2.26. The van der Waals surface area contributed by atoms with Gasteiger partial charge in [0.15, 0.2) is 0 Å². The molecule has 2 unspecified atom stereocenters. The van der Waals surface area contributed by atoms with E-state index >= 15 is 0 Å². The fraction of sp³-hybridized carbons (Fsp3) is 0.500. The highest BCUT2D eigenvalue weighted by Gasteiger charge is 2.34. The van der Waals surface area contributed by atoms with Crippen molar-refractivity contribution >= 4 is 23.1 Å². The monoisotopic (exact) mass is 435 g/mol. The number of amides is 1. The fourth-order valence-electron chi connectivity index (χ4n) is 4.19. The van der Waals surface area contributed by atoms with Crippen molar-refractivity contribution in [3.05, 3.63) is 41.7 Å². The summed E-state index contributed by atoms with van der Waals surface area (Å²) in [5.74, 6) is 0.224. The van der Waals surface area contributed by atoms with E-state index in [1.165, 1.54) is 6.20 Å². The highest BCUT2D eigenvalue weighted by atomic mass is 19.4. The van der Waals surface area contributed by atoms with Crippen molar-refractivity contribution in [1.29, 1.82) is 0 Å². The third-order valence-corrected chi connectivity index (χ3v) is 5.76. The number of rotatable bonds is 4. The number of piperazine rings is 1. The van der Waals surface area contributed by atoms with E-state index in [-0.39, 0.29) is 30.0 Å². The average molecular weight is 435 g/mol. The van der Waals surface area contributed by atoms with Gasteiger partial charge < -0.3 is 15.5 Å². The Labute approximate surface area is 180 Å². The standard InChI is InChI=1S/C22H28F3N5O/c1-5-16-12-26-7-8-30(16)18-11-15(22(23,24)25)10-17(28-18)14(4)20-13(3)9-19(31)29-21(20)27-6-2/h6,10-11,13,16,26H,2,5,7-9,12H2,1,3-4H3,(H,27,29,31)/b20-14+. The molecule has 1 amide bonds. The molecule has 1 aromatic rings. The molecule has 2 aliphatic heterocycles. The molecule has 2 saturated heterocycles. The Balaban J connectivity index is 2.17. The van der Waals surface area contributed by atoms with E-state index in [1.807, 2.05) is 18.7 Å². The Morgan fingerprint density at radius 1 is 1.42 bits per heavy atom. The van der Waals surface area contributed by atoms with Gasteiger partial charge in [-0.1, -0.05) is 20.4 Å². The minimum Gasteiger partial charge on any atom is -0.351 e. The topological polar surface area (TPSA) is 69.6 Å². The van der Waals surface area contributed by atoms with Gasteiger partial charge in [0.1, 0.15) is 11.7 Å². The molecule has 0 aromatic carbocycles. The Bertz CT molecular complexity index is 922. The van der Waals surface area contributed by atoms with Crippen molar-refractivity contribution in [3.8, 4) is 0 Å². The lowest BCUT2D eigenvalue weighted by atomic mass is 9.87. The van der Waals surface area contributed by atoms with Gasteiger partial charge in [-0.2, -0.15) is 13.2 Å². The minimum atomic E-state index is -4.50. The van der Waals surface area contributed by atoms with Crippen LogP contribution >= 0.6 is 0 Å². The molecule has 3 heterocycles. The summed E-state index contributed by atoms with van der Waals surface area (Å²) in [5, 5.41) is 5.98. The number of hydrogen-bond acceptors (Lipinski definition) is 5. The maximum absolute atomic E-state index is 13.8. The van der Waals surface area contributed by atoms with Crippen LogP contribution in [0.2, 0.25) is 0 Å². The molecule has 2 N–H and O–H groups in total. The van der Waals surface area contributed by atoms with E-state index in [4.69, 9.17) is 0 Å². The molecule has 2 fully saturated rings. The number of halogens is 3. The van der Waals surface area contributed by atoms with Crippen LogP contribution in [-0.4, -0.2) is 42.4 Å². The van der Waals surface area contributed by atoms with Crippen molar-refractivity contribution in [3.63, 3.8) is 0 Å². The van der Waals surface area contributed by atoms with Crippen molar-refractivity contribution in [2.75, 3.05) is 24.5 Å². The van der Waals surface area contributed by atoms with E-state index in [0.29, 0.717) is 42.4 Å². The summed E-state index contributed by atoms with van der Waals surface area (Å²) < 4.78 is 41.3. The van der Waals surface area contributed by atoms with Gasteiger partial charge in [-0.05, 0) is 37.0 Å². The largest absolute Gasteiger partial charge is 0.416 e. The van der Waals surface area contributed by atoms with E-state index in [0.717, 1.165) is 18.6 Å². The number of piperidine rings is 1. The summed E-state index contributed by atoms with van der Waals surface area (Å²) in [7, 11) is 0. The van der Waals surface area contributed by atoms with Gasteiger partial charge in [-0.3, -0.25) is 4.79 Å². The van der Waals surface area contributed by atoms with Gasteiger partial charge in [-0.15, -0.1) is 0 Å². The maximum atomic E-state index is 13.8. The highest BCUT2D eigenvalue weighted by Crippen LogP contribution is 2.36. The molecule has 3 rings (SSSR count).